The largest absolute Gasteiger partial charge is 0.467 e. The molecule has 0 radical (unpaired) electrons. The topological polar surface area (TPSA) is 73.2 Å². The number of benzene rings is 1. The van der Waals surface area contributed by atoms with Gasteiger partial charge in [0.25, 0.3) is 5.91 Å². The average molecular weight is 334 g/mol. The highest BCUT2D eigenvalue weighted by atomic mass is 79.9. The lowest BCUT2D eigenvalue weighted by Gasteiger charge is -2.01. The van der Waals surface area contributed by atoms with Crippen molar-refractivity contribution in [3.63, 3.8) is 0 Å². The second kappa shape index (κ2) is 5.15. The maximum absolute atomic E-state index is 11.4. The van der Waals surface area contributed by atoms with Gasteiger partial charge in [-0.15, -0.1) is 0 Å². The lowest BCUT2D eigenvalue weighted by Crippen LogP contribution is -2.29. The second-order valence-electron chi connectivity index (χ2n) is 4.40. The molecule has 3 aromatic rings. The Morgan fingerprint density at radius 2 is 2.20 bits per heavy atom. The number of amides is 1. The fourth-order valence-corrected chi connectivity index (χ4v) is 2.75. The van der Waals surface area contributed by atoms with Crippen molar-refractivity contribution in [2.45, 2.75) is 6.54 Å². The van der Waals surface area contributed by atoms with E-state index in [0.717, 1.165) is 15.4 Å². The van der Waals surface area contributed by atoms with Crippen molar-refractivity contribution < 1.29 is 9.21 Å². The van der Waals surface area contributed by atoms with Gasteiger partial charge in [-0.2, -0.15) is 0 Å². The lowest BCUT2D eigenvalue weighted by molar-refractivity contribution is 0.0953. The zero-order valence-corrected chi connectivity index (χ0v) is 12.1. The first-order valence-electron chi connectivity index (χ1n) is 6.01. The molecule has 0 aliphatic carbocycles. The number of para-hydroxylation sites is 1. The summed E-state index contributed by atoms with van der Waals surface area (Å²) in [5.74, 6) is 5.42. The van der Waals surface area contributed by atoms with Crippen LogP contribution in [-0.2, 0) is 6.54 Å². The van der Waals surface area contributed by atoms with Crippen molar-refractivity contribution in [1.82, 2.24) is 9.99 Å². The van der Waals surface area contributed by atoms with Crippen LogP contribution in [0.15, 0.2) is 51.7 Å². The minimum Gasteiger partial charge on any atom is -0.467 e. The van der Waals surface area contributed by atoms with Gasteiger partial charge in [-0.1, -0.05) is 18.2 Å². The summed E-state index contributed by atoms with van der Waals surface area (Å²) in [4.78, 5) is 11.4. The molecule has 0 fully saturated rings. The van der Waals surface area contributed by atoms with Gasteiger partial charge in [-0.05, 0) is 28.1 Å². The van der Waals surface area contributed by atoms with Gasteiger partial charge < -0.3 is 8.98 Å². The van der Waals surface area contributed by atoms with Crippen LogP contribution in [0, 0.1) is 0 Å². The normalized spacial score (nSPS) is 10.9. The standard InChI is InChI=1S/C14H12BrN3O2/c15-12-7-18(13-4-2-1-3-11(12)13)6-10-5-9(8-20-10)14(19)17-16/h1-5,7-8H,6,16H2,(H,17,19). The van der Waals surface area contributed by atoms with Gasteiger partial charge >= 0.3 is 0 Å². The van der Waals surface area contributed by atoms with E-state index in [4.69, 9.17) is 10.3 Å². The minimum atomic E-state index is -0.362. The molecular formula is C14H12BrN3O2. The molecule has 3 rings (SSSR count). The average Bonchev–Trinajstić information content (AvgIpc) is 3.05. The number of nitrogens with zero attached hydrogens (tertiary/aromatic N) is 1. The molecule has 0 aliphatic rings. The van der Waals surface area contributed by atoms with E-state index in [1.807, 2.05) is 30.5 Å². The Kier molecular flexibility index (Phi) is 3.33. The second-order valence-corrected chi connectivity index (χ2v) is 5.25. The van der Waals surface area contributed by atoms with Gasteiger partial charge in [0, 0.05) is 21.6 Å². The van der Waals surface area contributed by atoms with E-state index in [9.17, 15) is 4.79 Å². The molecule has 5 nitrogen and oxygen atoms in total. The summed E-state index contributed by atoms with van der Waals surface area (Å²) in [5.41, 5.74) is 3.59. The number of aromatic nitrogens is 1. The van der Waals surface area contributed by atoms with Gasteiger partial charge in [0.1, 0.15) is 12.0 Å². The summed E-state index contributed by atoms with van der Waals surface area (Å²) in [6, 6.07) is 9.75. The van der Waals surface area contributed by atoms with E-state index < -0.39 is 0 Å². The number of furan rings is 1. The molecule has 20 heavy (non-hydrogen) atoms. The first kappa shape index (κ1) is 13.0. The van der Waals surface area contributed by atoms with Gasteiger partial charge in [0.2, 0.25) is 0 Å². The van der Waals surface area contributed by atoms with Crippen LogP contribution in [0.2, 0.25) is 0 Å². The molecule has 0 unspecified atom stereocenters. The number of rotatable bonds is 3. The molecule has 1 amide bonds. The van der Waals surface area contributed by atoms with E-state index in [1.54, 1.807) is 6.07 Å². The van der Waals surface area contributed by atoms with Crippen LogP contribution in [0.3, 0.4) is 0 Å². The number of carbonyl (C=O) groups excluding carboxylic acids is 1. The number of hydrazine groups is 1. The van der Waals surface area contributed by atoms with Gasteiger partial charge in [-0.3, -0.25) is 10.2 Å². The van der Waals surface area contributed by atoms with Crippen LogP contribution >= 0.6 is 15.9 Å². The van der Waals surface area contributed by atoms with Crippen LogP contribution in [-0.4, -0.2) is 10.5 Å². The van der Waals surface area contributed by atoms with E-state index in [2.05, 4.69) is 25.9 Å². The number of carbonyl (C=O) groups is 1. The zero-order chi connectivity index (χ0) is 14.1. The summed E-state index contributed by atoms with van der Waals surface area (Å²) in [5, 5.41) is 1.14. The highest BCUT2D eigenvalue weighted by molar-refractivity contribution is 9.10. The van der Waals surface area contributed by atoms with Crippen molar-refractivity contribution in [3.05, 3.63) is 58.6 Å². The van der Waals surface area contributed by atoms with Crippen molar-refractivity contribution in [2.24, 2.45) is 5.84 Å². The summed E-state index contributed by atoms with van der Waals surface area (Å²) >= 11 is 3.54. The van der Waals surface area contributed by atoms with Crippen molar-refractivity contribution in [1.29, 1.82) is 0 Å². The molecule has 0 saturated carbocycles. The van der Waals surface area contributed by atoms with Crippen LogP contribution in [0.5, 0.6) is 0 Å². The van der Waals surface area contributed by atoms with E-state index in [-0.39, 0.29) is 5.91 Å². The Morgan fingerprint density at radius 3 is 3.00 bits per heavy atom. The van der Waals surface area contributed by atoms with Gasteiger partial charge in [0.05, 0.1) is 12.1 Å². The fraction of sp³-hybridized carbons (Fsp3) is 0.0714. The van der Waals surface area contributed by atoms with E-state index in [1.165, 1.54) is 6.26 Å². The number of hydrogen-bond acceptors (Lipinski definition) is 3. The predicted molar refractivity (Wildman–Crippen MR) is 79.1 cm³/mol. The predicted octanol–water partition coefficient (Wildman–Crippen LogP) is 2.65. The maximum atomic E-state index is 11.4. The Bertz CT molecular complexity index is 776. The maximum Gasteiger partial charge on any atom is 0.268 e. The highest BCUT2D eigenvalue weighted by Crippen LogP contribution is 2.26. The SMILES string of the molecule is NNC(=O)c1coc(Cn2cc(Br)c3ccccc32)c1. The van der Waals surface area contributed by atoms with Crippen LogP contribution in [0.1, 0.15) is 16.1 Å². The van der Waals surface area contributed by atoms with E-state index in [0.29, 0.717) is 17.9 Å². The molecule has 0 spiro atoms. The molecule has 2 aromatic heterocycles. The lowest BCUT2D eigenvalue weighted by atomic mass is 10.2. The van der Waals surface area contributed by atoms with Crippen LogP contribution < -0.4 is 11.3 Å². The van der Waals surface area contributed by atoms with E-state index >= 15 is 0 Å². The van der Waals surface area contributed by atoms with Crippen LogP contribution in [0.4, 0.5) is 0 Å². The molecule has 0 bridgehead atoms. The van der Waals surface area contributed by atoms with Crippen molar-refractivity contribution in [3.8, 4) is 0 Å². The molecule has 1 aromatic carbocycles. The zero-order valence-electron chi connectivity index (χ0n) is 10.5. The molecule has 0 aliphatic heterocycles. The molecule has 2 heterocycles. The van der Waals surface area contributed by atoms with Crippen molar-refractivity contribution >= 4 is 32.7 Å². The Balaban J connectivity index is 1.93. The summed E-state index contributed by atoms with van der Waals surface area (Å²) in [6.07, 6.45) is 3.40. The molecular weight excluding hydrogens is 322 g/mol. The first-order chi connectivity index (χ1) is 9.69. The Labute approximate surface area is 123 Å². The minimum absolute atomic E-state index is 0.362. The highest BCUT2D eigenvalue weighted by Gasteiger charge is 2.11. The smallest absolute Gasteiger partial charge is 0.268 e. The van der Waals surface area contributed by atoms with Gasteiger partial charge in [-0.25, -0.2) is 5.84 Å². The first-order valence-corrected chi connectivity index (χ1v) is 6.80. The quantitative estimate of drug-likeness (QED) is 0.439. The number of nitrogens with two attached hydrogens (primary N) is 1. The summed E-state index contributed by atoms with van der Waals surface area (Å²) in [6.45, 7) is 0.546. The number of hydrogen-bond donors (Lipinski definition) is 2. The third-order valence-electron chi connectivity index (χ3n) is 3.11. The monoisotopic (exact) mass is 333 g/mol. The molecule has 102 valence electrons. The number of halogens is 1. The third kappa shape index (κ3) is 2.23. The third-order valence-corrected chi connectivity index (χ3v) is 3.75. The number of nitrogens with one attached hydrogen (secondary N) is 1. The molecule has 0 atom stereocenters. The molecule has 3 N–H and O–H groups in total. The number of nitrogen functional groups attached to an aromatic ring is 1. The van der Waals surface area contributed by atoms with Gasteiger partial charge in [0.15, 0.2) is 0 Å². The summed E-state index contributed by atoms with van der Waals surface area (Å²) in [7, 11) is 0. The molecule has 6 heteroatoms. The number of fused-ring (bicyclic) bond motifs is 1. The molecule has 0 saturated heterocycles. The fourth-order valence-electron chi connectivity index (χ4n) is 2.17. The van der Waals surface area contributed by atoms with Crippen LogP contribution in [0.25, 0.3) is 10.9 Å². The Hall–Kier alpha value is -2.05. The van der Waals surface area contributed by atoms with Crippen molar-refractivity contribution in [2.75, 3.05) is 0 Å². The Morgan fingerprint density at radius 1 is 1.40 bits per heavy atom. The summed E-state index contributed by atoms with van der Waals surface area (Å²) < 4.78 is 8.48.